The lowest BCUT2D eigenvalue weighted by atomic mass is 9.76. The Morgan fingerprint density at radius 2 is 1.02 bits per heavy atom. The third kappa shape index (κ3) is 10.6. The van der Waals surface area contributed by atoms with Crippen LogP contribution in [0.3, 0.4) is 0 Å². The molecular weight excluding hydrogens is 540 g/mol. The van der Waals surface area contributed by atoms with Crippen molar-refractivity contribution in [2.75, 3.05) is 13.2 Å². The van der Waals surface area contributed by atoms with E-state index in [0.29, 0.717) is 24.0 Å². The van der Waals surface area contributed by atoms with Gasteiger partial charge in [0.1, 0.15) is 36.9 Å². The van der Waals surface area contributed by atoms with Crippen molar-refractivity contribution in [1.82, 2.24) is 0 Å². The molecule has 2 atom stereocenters. The molecule has 0 radical (unpaired) electrons. The molecule has 0 aliphatic heterocycles. The summed E-state index contributed by atoms with van der Waals surface area (Å²) in [4.78, 5) is 23.8. The summed E-state index contributed by atoms with van der Waals surface area (Å²) in [7, 11) is 0. The van der Waals surface area contributed by atoms with E-state index >= 15 is 0 Å². The van der Waals surface area contributed by atoms with Crippen LogP contribution in [0.15, 0.2) is 85.0 Å². The maximum Gasteiger partial charge on any atom is 0.333 e. The maximum absolute atomic E-state index is 11.9. The molecule has 0 N–H and O–H groups in total. The van der Waals surface area contributed by atoms with Gasteiger partial charge in [-0.1, -0.05) is 75.6 Å². The van der Waals surface area contributed by atoms with Gasteiger partial charge in [0.2, 0.25) is 0 Å². The Kier molecular flexibility index (Phi) is 12.6. The molecule has 0 aliphatic carbocycles. The van der Waals surface area contributed by atoms with Gasteiger partial charge < -0.3 is 18.9 Å². The first-order chi connectivity index (χ1) is 20.0. The molecule has 0 spiro atoms. The summed E-state index contributed by atoms with van der Waals surface area (Å²) in [5, 5.41) is 0. The van der Waals surface area contributed by atoms with Crippen LogP contribution < -0.4 is 9.47 Å². The Balaban J connectivity index is 2.34. The van der Waals surface area contributed by atoms with Crippen molar-refractivity contribution in [3.63, 3.8) is 0 Å². The number of hydrogen-bond donors (Lipinski definition) is 0. The van der Waals surface area contributed by atoms with Crippen molar-refractivity contribution >= 4 is 11.9 Å². The standard InChI is InChI=1S/C37H48O6/c1-23(2)17-29-19-31(13-15-33(29)40-21-27(9)42-35(38)25(5)6)37(11,12)32-14-16-34(30(20-32)18-24(3)4)41-22-28(10)43-36(39)26(7)8/h13-16,19-20,27-28H,1,3,5,7,17-18,21-22H2,2,4,6,8-12H3. The van der Waals surface area contributed by atoms with Gasteiger partial charge in [0, 0.05) is 16.6 Å². The van der Waals surface area contributed by atoms with Crippen molar-refractivity contribution in [2.24, 2.45) is 0 Å². The lowest BCUT2D eigenvalue weighted by Gasteiger charge is -2.29. The molecule has 2 aromatic rings. The SMILES string of the molecule is C=C(C)Cc1cc(C(C)(C)c2ccc(OCC(C)OC(=O)C(=C)C)c(CC(=C)C)c2)ccc1OCC(C)OC(=O)C(=C)C. The quantitative estimate of drug-likeness (QED) is 0.112. The monoisotopic (exact) mass is 588 g/mol. The summed E-state index contributed by atoms with van der Waals surface area (Å²) in [6.45, 7) is 31.1. The highest BCUT2D eigenvalue weighted by Crippen LogP contribution is 2.37. The minimum Gasteiger partial charge on any atom is -0.489 e. The second-order valence-corrected chi connectivity index (χ2v) is 12.2. The smallest absolute Gasteiger partial charge is 0.333 e. The van der Waals surface area contributed by atoms with Gasteiger partial charge in [-0.2, -0.15) is 0 Å². The molecule has 0 saturated heterocycles. The predicted octanol–water partition coefficient (Wildman–Crippen LogP) is 8.02. The fourth-order valence-electron chi connectivity index (χ4n) is 4.36. The van der Waals surface area contributed by atoms with Gasteiger partial charge in [-0.3, -0.25) is 0 Å². The maximum atomic E-state index is 11.9. The van der Waals surface area contributed by atoms with E-state index in [4.69, 9.17) is 18.9 Å². The van der Waals surface area contributed by atoms with Crippen molar-refractivity contribution in [2.45, 2.75) is 85.9 Å². The van der Waals surface area contributed by atoms with Crippen LogP contribution in [0.25, 0.3) is 0 Å². The highest BCUT2D eigenvalue weighted by atomic mass is 16.6. The highest BCUT2D eigenvalue weighted by molar-refractivity contribution is 5.87. The second kappa shape index (κ2) is 15.4. The second-order valence-electron chi connectivity index (χ2n) is 12.2. The average Bonchev–Trinajstić information content (AvgIpc) is 2.90. The van der Waals surface area contributed by atoms with E-state index in [1.54, 1.807) is 27.7 Å². The molecule has 0 aliphatic rings. The fraction of sp³-hybridized carbons (Fsp3) is 0.405. The minimum atomic E-state index is -0.432. The lowest BCUT2D eigenvalue weighted by Crippen LogP contribution is -2.23. The zero-order valence-corrected chi connectivity index (χ0v) is 27.2. The normalized spacial score (nSPS) is 12.5. The van der Waals surface area contributed by atoms with Gasteiger partial charge in [-0.25, -0.2) is 9.59 Å². The summed E-state index contributed by atoms with van der Waals surface area (Å²) in [6.07, 6.45) is 0.459. The molecule has 0 aromatic heterocycles. The number of ether oxygens (including phenoxy) is 4. The molecule has 6 heteroatoms. The number of allylic oxidation sites excluding steroid dienone is 2. The van der Waals surface area contributed by atoms with E-state index in [1.165, 1.54) is 0 Å². The van der Waals surface area contributed by atoms with E-state index in [2.05, 4.69) is 64.4 Å². The molecule has 2 aromatic carbocycles. The fourth-order valence-corrected chi connectivity index (χ4v) is 4.36. The molecule has 2 unspecified atom stereocenters. The van der Waals surface area contributed by atoms with Crippen LogP contribution in [0.4, 0.5) is 0 Å². The highest BCUT2D eigenvalue weighted by Gasteiger charge is 2.26. The van der Waals surface area contributed by atoms with Crippen LogP contribution in [0, 0.1) is 0 Å². The Morgan fingerprint density at radius 3 is 1.33 bits per heavy atom. The first-order valence-corrected chi connectivity index (χ1v) is 14.5. The Bertz CT molecular complexity index is 1280. The molecule has 0 saturated carbocycles. The molecule has 232 valence electrons. The Labute approximate surface area is 258 Å². The topological polar surface area (TPSA) is 71.1 Å². The summed E-state index contributed by atoms with van der Waals surface area (Å²) in [5.41, 5.74) is 6.64. The molecular formula is C37H48O6. The average molecular weight is 589 g/mol. The summed E-state index contributed by atoms with van der Waals surface area (Å²) < 4.78 is 23.0. The van der Waals surface area contributed by atoms with E-state index in [0.717, 1.165) is 44.9 Å². The molecule has 2 rings (SSSR count). The first kappa shape index (κ1) is 35.1. The number of carbonyl (C=O) groups is 2. The van der Waals surface area contributed by atoms with Crippen LogP contribution in [0.2, 0.25) is 0 Å². The lowest BCUT2D eigenvalue weighted by molar-refractivity contribution is -0.145. The van der Waals surface area contributed by atoms with E-state index < -0.39 is 24.1 Å². The van der Waals surface area contributed by atoms with Gasteiger partial charge in [-0.05, 0) is 88.8 Å². The zero-order chi connectivity index (χ0) is 32.5. The largest absolute Gasteiger partial charge is 0.489 e. The number of hydrogen-bond acceptors (Lipinski definition) is 6. The van der Waals surface area contributed by atoms with Crippen LogP contribution in [0.1, 0.15) is 77.6 Å². The molecule has 0 fully saturated rings. The summed E-state index contributed by atoms with van der Waals surface area (Å²) in [5.74, 6) is 0.597. The van der Waals surface area contributed by atoms with Crippen LogP contribution in [-0.4, -0.2) is 37.4 Å². The van der Waals surface area contributed by atoms with E-state index in [1.807, 2.05) is 26.0 Å². The van der Waals surface area contributed by atoms with E-state index in [9.17, 15) is 9.59 Å². The van der Waals surface area contributed by atoms with Gasteiger partial charge in [0.25, 0.3) is 0 Å². The molecule has 6 nitrogen and oxygen atoms in total. The number of benzene rings is 2. The van der Waals surface area contributed by atoms with Gasteiger partial charge in [-0.15, -0.1) is 0 Å². The van der Waals surface area contributed by atoms with E-state index in [-0.39, 0.29) is 18.6 Å². The van der Waals surface area contributed by atoms with Crippen LogP contribution in [0.5, 0.6) is 11.5 Å². The summed E-state index contributed by atoms with van der Waals surface area (Å²) >= 11 is 0. The number of rotatable bonds is 16. The van der Waals surface area contributed by atoms with Crippen molar-refractivity contribution < 1.29 is 28.5 Å². The first-order valence-electron chi connectivity index (χ1n) is 14.5. The molecule has 0 heterocycles. The van der Waals surface area contributed by atoms with Crippen LogP contribution >= 0.6 is 0 Å². The summed E-state index contributed by atoms with van der Waals surface area (Å²) in [6, 6.07) is 12.4. The third-order valence-electron chi connectivity index (χ3n) is 6.81. The zero-order valence-electron chi connectivity index (χ0n) is 27.2. The number of carbonyl (C=O) groups excluding carboxylic acids is 2. The van der Waals surface area contributed by atoms with Crippen molar-refractivity contribution in [3.8, 4) is 11.5 Å². The Hall–Kier alpha value is -4.06. The Morgan fingerprint density at radius 1 is 0.674 bits per heavy atom. The molecule has 43 heavy (non-hydrogen) atoms. The van der Waals surface area contributed by atoms with Gasteiger partial charge in [0.05, 0.1) is 0 Å². The predicted molar refractivity (Wildman–Crippen MR) is 174 cm³/mol. The third-order valence-corrected chi connectivity index (χ3v) is 6.81. The minimum absolute atomic E-state index is 0.224. The molecule has 0 amide bonds. The molecule has 0 bridgehead atoms. The number of esters is 2. The van der Waals surface area contributed by atoms with Crippen molar-refractivity contribution in [3.05, 3.63) is 107 Å². The van der Waals surface area contributed by atoms with Gasteiger partial charge >= 0.3 is 11.9 Å². The van der Waals surface area contributed by atoms with Crippen molar-refractivity contribution in [1.29, 1.82) is 0 Å². The van der Waals surface area contributed by atoms with Crippen LogP contribution in [-0.2, 0) is 37.3 Å². The van der Waals surface area contributed by atoms with Gasteiger partial charge in [0.15, 0.2) is 0 Å².